The van der Waals surface area contributed by atoms with E-state index in [4.69, 9.17) is 17.3 Å². The SMILES string of the molecule is NCNCc1cnn2c(Cl)nc(SCc3ccccc3)nc12. The highest BCUT2D eigenvalue weighted by Crippen LogP contribution is 2.22. The zero-order valence-electron chi connectivity index (χ0n) is 11.7. The molecule has 0 aliphatic rings. The molecule has 0 saturated heterocycles. The Hall–Kier alpha value is -1.67. The molecule has 3 N–H and O–H groups in total. The van der Waals surface area contributed by atoms with Crippen molar-refractivity contribution in [3.05, 3.63) is 52.9 Å². The number of nitrogens with one attached hydrogen (secondary N) is 1. The summed E-state index contributed by atoms with van der Waals surface area (Å²) in [4.78, 5) is 8.83. The Morgan fingerprint density at radius 2 is 2.05 bits per heavy atom. The standard InChI is InChI=1S/C14H15ClN6S/c15-13-20-14(22-8-10-4-2-1-3-5-10)19-12-11(6-17-9-16)7-18-21(12)13/h1-5,7,17H,6,8-9,16H2. The molecule has 0 fully saturated rings. The lowest BCUT2D eigenvalue weighted by Gasteiger charge is -2.04. The van der Waals surface area contributed by atoms with Gasteiger partial charge in [0.25, 0.3) is 0 Å². The molecule has 0 saturated carbocycles. The molecule has 2 aromatic heterocycles. The van der Waals surface area contributed by atoms with Gasteiger partial charge in [-0.05, 0) is 17.2 Å². The molecule has 3 aromatic rings. The predicted molar refractivity (Wildman–Crippen MR) is 87.7 cm³/mol. The van der Waals surface area contributed by atoms with Gasteiger partial charge < -0.3 is 11.1 Å². The zero-order chi connectivity index (χ0) is 15.4. The highest BCUT2D eigenvalue weighted by molar-refractivity contribution is 7.98. The van der Waals surface area contributed by atoms with Crippen molar-refractivity contribution in [3.63, 3.8) is 0 Å². The monoisotopic (exact) mass is 334 g/mol. The van der Waals surface area contributed by atoms with E-state index < -0.39 is 0 Å². The number of benzene rings is 1. The molecule has 0 amide bonds. The van der Waals surface area contributed by atoms with Gasteiger partial charge in [0, 0.05) is 24.5 Å². The van der Waals surface area contributed by atoms with Crippen LogP contribution < -0.4 is 11.1 Å². The average Bonchev–Trinajstić information content (AvgIpc) is 2.95. The summed E-state index contributed by atoms with van der Waals surface area (Å²) in [5.74, 6) is 0.790. The highest BCUT2D eigenvalue weighted by atomic mass is 35.5. The number of nitrogens with two attached hydrogens (primary N) is 1. The lowest BCUT2D eigenvalue weighted by molar-refractivity contribution is 0.710. The Bertz CT molecular complexity index is 761. The van der Waals surface area contributed by atoms with Gasteiger partial charge >= 0.3 is 0 Å². The molecule has 8 heteroatoms. The summed E-state index contributed by atoms with van der Waals surface area (Å²) in [6.07, 6.45) is 1.73. The molecule has 114 valence electrons. The molecule has 0 bridgehead atoms. The van der Waals surface area contributed by atoms with Crippen molar-refractivity contribution in [1.82, 2.24) is 24.9 Å². The van der Waals surface area contributed by atoms with Gasteiger partial charge in [-0.15, -0.1) is 0 Å². The zero-order valence-corrected chi connectivity index (χ0v) is 13.3. The molecule has 0 radical (unpaired) electrons. The van der Waals surface area contributed by atoms with Crippen molar-refractivity contribution in [2.45, 2.75) is 17.5 Å². The van der Waals surface area contributed by atoms with E-state index in [-0.39, 0.29) is 0 Å². The van der Waals surface area contributed by atoms with Crippen LogP contribution in [-0.4, -0.2) is 26.3 Å². The number of hydrogen-bond donors (Lipinski definition) is 2. The van der Waals surface area contributed by atoms with Gasteiger partial charge in [0.05, 0.1) is 6.20 Å². The first-order chi connectivity index (χ1) is 10.8. The maximum atomic E-state index is 6.18. The fourth-order valence-corrected chi connectivity index (χ4v) is 3.03. The van der Waals surface area contributed by atoms with Crippen LogP contribution in [-0.2, 0) is 12.3 Å². The molecule has 0 atom stereocenters. The maximum absolute atomic E-state index is 6.18. The minimum absolute atomic E-state index is 0.305. The van der Waals surface area contributed by atoms with E-state index in [1.54, 1.807) is 18.0 Å². The summed E-state index contributed by atoms with van der Waals surface area (Å²) in [7, 11) is 0. The van der Waals surface area contributed by atoms with E-state index in [0.29, 0.717) is 29.3 Å². The summed E-state index contributed by atoms with van der Waals surface area (Å²) < 4.78 is 1.53. The van der Waals surface area contributed by atoms with Gasteiger partial charge in [-0.1, -0.05) is 42.1 Å². The van der Waals surface area contributed by atoms with Gasteiger partial charge in [0.2, 0.25) is 5.28 Å². The van der Waals surface area contributed by atoms with E-state index in [0.717, 1.165) is 11.3 Å². The van der Waals surface area contributed by atoms with Gasteiger partial charge in [-0.3, -0.25) is 0 Å². The lowest BCUT2D eigenvalue weighted by atomic mass is 10.2. The smallest absolute Gasteiger partial charge is 0.228 e. The summed E-state index contributed by atoms with van der Waals surface area (Å²) in [6.45, 7) is 0.988. The van der Waals surface area contributed by atoms with Crippen LogP contribution in [0.5, 0.6) is 0 Å². The van der Waals surface area contributed by atoms with Crippen LogP contribution in [0.4, 0.5) is 0 Å². The topological polar surface area (TPSA) is 81.1 Å². The van der Waals surface area contributed by atoms with Crippen LogP contribution in [0.3, 0.4) is 0 Å². The molecule has 3 rings (SSSR count). The Kier molecular flexibility index (Phi) is 4.89. The van der Waals surface area contributed by atoms with Crippen molar-refractivity contribution < 1.29 is 0 Å². The number of thioether (sulfide) groups is 1. The predicted octanol–water partition coefficient (Wildman–Crippen LogP) is 2.08. The largest absolute Gasteiger partial charge is 0.318 e. The van der Waals surface area contributed by atoms with E-state index >= 15 is 0 Å². The first-order valence-corrected chi connectivity index (χ1v) is 8.12. The van der Waals surface area contributed by atoms with Gasteiger partial charge in [-0.25, -0.2) is 4.98 Å². The Balaban J connectivity index is 1.83. The molecular formula is C14H15ClN6S. The minimum Gasteiger partial charge on any atom is -0.318 e. The first-order valence-electron chi connectivity index (χ1n) is 6.75. The Labute approximate surface area is 137 Å². The summed E-state index contributed by atoms with van der Waals surface area (Å²) in [5, 5.41) is 8.19. The molecule has 0 spiro atoms. The van der Waals surface area contributed by atoms with Crippen LogP contribution in [0.15, 0.2) is 41.7 Å². The Morgan fingerprint density at radius 1 is 1.23 bits per heavy atom. The number of rotatable bonds is 6. The van der Waals surface area contributed by atoms with E-state index in [1.165, 1.54) is 10.1 Å². The van der Waals surface area contributed by atoms with Gasteiger partial charge in [0.15, 0.2) is 10.8 Å². The molecule has 2 heterocycles. The summed E-state index contributed by atoms with van der Waals surface area (Å²) >= 11 is 7.73. The van der Waals surface area contributed by atoms with Crippen LogP contribution in [0, 0.1) is 0 Å². The third-order valence-electron chi connectivity index (χ3n) is 3.05. The van der Waals surface area contributed by atoms with Crippen molar-refractivity contribution in [1.29, 1.82) is 0 Å². The third kappa shape index (κ3) is 3.38. The van der Waals surface area contributed by atoms with Gasteiger partial charge in [-0.2, -0.15) is 14.6 Å². The van der Waals surface area contributed by atoms with Crippen molar-refractivity contribution in [3.8, 4) is 0 Å². The van der Waals surface area contributed by atoms with Crippen LogP contribution >= 0.6 is 23.4 Å². The molecule has 22 heavy (non-hydrogen) atoms. The molecule has 0 aliphatic heterocycles. The fraction of sp³-hybridized carbons (Fsp3) is 0.214. The number of halogens is 1. The van der Waals surface area contributed by atoms with Crippen molar-refractivity contribution in [2.24, 2.45) is 5.73 Å². The number of nitrogens with zero attached hydrogens (tertiary/aromatic N) is 4. The second-order valence-corrected chi connectivity index (χ2v) is 5.87. The second kappa shape index (κ2) is 7.06. The maximum Gasteiger partial charge on any atom is 0.228 e. The van der Waals surface area contributed by atoms with Crippen LogP contribution in [0.25, 0.3) is 5.65 Å². The molecule has 1 aromatic carbocycles. The normalized spacial score (nSPS) is 11.2. The van der Waals surface area contributed by atoms with Crippen LogP contribution in [0.2, 0.25) is 5.28 Å². The number of aromatic nitrogens is 4. The van der Waals surface area contributed by atoms with Crippen molar-refractivity contribution >= 4 is 29.0 Å². The van der Waals surface area contributed by atoms with Crippen molar-refractivity contribution in [2.75, 3.05) is 6.67 Å². The minimum atomic E-state index is 0.305. The second-order valence-electron chi connectivity index (χ2n) is 4.59. The van der Waals surface area contributed by atoms with E-state index in [1.807, 2.05) is 18.2 Å². The molecule has 6 nitrogen and oxygen atoms in total. The Morgan fingerprint density at radius 3 is 2.82 bits per heavy atom. The average molecular weight is 335 g/mol. The van der Waals surface area contributed by atoms with Crippen LogP contribution in [0.1, 0.15) is 11.1 Å². The number of hydrogen-bond acceptors (Lipinski definition) is 6. The lowest BCUT2D eigenvalue weighted by Crippen LogP contribution is -2.21. The quantitative estimate of drug-likeness (QED) is 0.530. The molecule has 0 unspecified atom stereocenters. The summed E-state index contributed by atoms with van der Waals surface area (Å²) in [5.41, 5.74) is 8.32. The van der Waals surface area contributed by atoms with E-state index in [2.05, 4.69) is 32.5 Å². The highest BCUT2D eigenvalue weighted by Gasteiger charge is 2.12. The van der Waals surface area contributed by atoms with Gasteiger partial charge in [0.1, 0.15) is 0 Å². The third-order valence-corrected chi connectivity index (χ3v) is 4.21. The summed E-state index contributed by atoms with van der Waals surface area (Å²) in [6, 6.07) is 10.2. The van der Waals surface area contributed by atoms with E-state index in [9.17, 15) is 0 Å². The fourth-order valence-electron chi connectivity index (χ4n) is 1.99. The molecule has 0 aliphatic carbocycles. The first kappa shape index (κ1) is 15.2. The number of fused-ring (bicyclic) bond motifs is 1. The molecular weight excluding hydrogens is 320 g/mol.